The Hall–Kier alpha value is -1.34. The summed E-state index contributed by atoms with van der Waals surface area (Å²) in [5, 5.41) is 16.1. The van der Waals surface area contributed by atoms with E-state index in [1.807, 2.05) is 20.8 Å². The quantitative estimate of drug-likeness (QED) is 0.340. The summed E-state index contributed by atoms with van der Waals surface area (Å²) in [5.41, 5.74) is -0.376. The first kappa shape index (κ1) is 19.0. The average Bonchev–Trinajstić information content (AvgIpc) is 2.09. The van der Waals surface area contributed by atoms with Crippen LogP contribution in [-0.2, 0) is 19.3 Å². The maximum absolute atomic E-state index is 9.99. The normalized spacial score (nSPS) is 10.6. The molecule has 0 amide bonds. The van der Waals surface area contributed by atoms with Crippen LogP contribution in [0.15, 0.2) is 0 Å². The van der Waals surface area contributed by atoms with Gasteiger partial charge in [-0.1, -0.05) is 0 Å². The number of aliphatic carboxylic acids is 1. The van der Waals surface area contributed by atoms with Crippen LogP contribution in [0.5, 0.6) is 0 Å². The molecule has 0 saturated heterocycles. The van der Waals surface area contributed by atoms with Gasteiger partial charge in [0, 0.05) is 0 Å². The molecule has 18 heavy (non-hydrogen) atoms. The maximum atomic E-state index is 9.99. The lowest BCUT2D eigenvalue weighted by atomic mass is 10.2. The Balaban J connectivity index is 0. The summed E-state index contributed by atoms with van der Waals surface area (Å²) >= 11 is 0. The zero-order chi connectivity index (χ0) is 14.8. The van der Waals surface area contributed by atoms with Crippen molar-refractivity contribution in [1.82, 2.24) is 0 Å². The van der Waals surface area contributed by atoms with Crippen LogP contribution >= 0.6 is 0 Å². The second-order valence-electron chi connectivity index (χ2n) is 4.59. The van der Waals surface area contributed by atoms with Crippen molar-refractivity contribution in [3.63, 3.8) is 0 Å². The lowest BCUT2D eigenvalue weighted by Gasteiger charge is -2.16. The molecule has 0 aliphatic heterocycles. The van der Waals surface area contributed by atoms with Crippen LogP contribution in [0.4, 0.5) is 4.79 Å². The van der Waals surface area contributed by atoms with Gasteiger partial charge in [0.2, 0.25) is 0 Å². The van der Waals surface area contributed by atoms with Crippen LogP contribution in [0, 0.1) is 0 Å². The monoisotopic (exact) mass is 266 g/mol. The number of rotatable bonds is 5. The van der Waals surface area contributed by atoms with Crippen LogP contribution in [0.3, 0.4) is 0 Å². The van der Waals surface area contributed by atoms with Crippen LogP contribution in [0.1, 0.15) is 41.0 Å². The smallest absolute Gasteiger partial charge is 0.481 e. The molecule has 0 spiro atoms. The van der Waals surface area contributed by atoms with E-state index in [4.69, 9.17) is 15.1 Å². The predicted molar refractivity (Wildman–Crippen MR) is 63.3 cm³/mol. The molecule has 0 radical (unpaired) electrons. The summed E-state index contributed by atoms with van der Waals surface area (Å²) in [6.45, 7) is 8.89. The van der Waals surface area contributed by atoms with E-state index in [-0.39, 0.29) is 24.7 Å². The van der Waals surface area contributed by atoms with Gasteiger partial charge in [-0.2, -0.15) is 0 Å². The van der Waals surface area contributed by atoms with Crippen LogP contribution in [0.2, 0.25) is 0 Å². The number of hydrogen-bond acceptors (Lipinski definition) is 5. The number of carboxylic acid groups (broad SMARTS) is 2. The SMILES string of the molecule is CC(C)(C)OOCCC(=O)O.CC(C)OC(=O)O. The molecule has 0 aromatic rings. The minimum absolute atomic E-state index is 0.0317. The Morgan fingerprint density at radius 2 is 1.67 bits per heavy atom. The highest BCUT2D eigenvalue weighted by Crippen LogP contribution is 2.06. The number of carbonyl (C=O) groups is 2. The first-order valence-corrected chi connectivity index (χ1v) is 5.46. The maximum Gasteiger partial charge on any atom is 0.506 e. The fraction of sp³-hybridized carbons (Fsp3) is 0.818. The lowest BCUT2D eigenvalue weighted by molar-refractivity contribution is -0.348. The van der Waals surface area contributed by atoms with Crippen molar-refractivity contribution in [1.29, 1.82) is 0 Å². The number of ether oxygens (including phenoxy) is 1. The molecule has 0 rings (SSSR count). The Morgan fingerprint density at radius 3 is 1.89 bits per heavy atom. The second-order valence-corrected chi connectivity index (χ2v) is 4.59. The zero-order valence-electron chi connectivity index (χ0n) is 11.4. The highest BCUT2D eigenvalue weighted by molar-refractivity contribution is 5.66. The van der Waals surface area contributed by atoms with E-state index in [1.54, 1.807) is 13.8 Å². The van der Waals surface area contributed by atoms with Crippen molar-refractivity contribution >= 4 is 12.1 Å². The fourth-order valence-electron chi connectivity index (χ4n) is 0.549. The van der Waals surface area contributed by atoms with Crippen LogP contribution in [-0.4, -0.2) is 40.6 Å². The molecule has 108 valence electrons. The average molecular weight is 266 g/mol. The summed E-state index contributed by atoms with van der Waals surface area (Å²) in [7, 11) is 0. The fourth-order valence-corrected chi connectivity index (χ4v) is 0.549. The van der Waals surface area contributed by atoms with Gasteiger partial charge >= 0.3 is 12.1 Å². The van der Waals surface area contributed by atoms with Gasteiger partial charge in [-0.05, 0) is 34.6 Å². The molecular formula is C11H22O7. The third kappa shape index (κ3) is 24.1. The van der Waals surface area contributed by atoms with E-state index < -0.39 is 12.1 Å². The largest absolute Gasteiger partial charge is 0.506 e. The van der Waals surface area contributed by atoms with E-state index in [9.17, 15) is 9.59 Å². The van der Waals surface area contributed by atoms with Crippen molar-refractivity contribution in [2.24, 2.45) is 0 Å². The topological polar surface area (TPSA) is 102 Å². The van der Waals surface area contributed by atoms with Gasteiger partial charge in [-0.3, -0.25) is 4.79 Å². The summed E-state index contributed by atoms with van der Waals surface area (Å²) in [5.74, 6) is -0.887. The minimum atomic E-state index is -1.21. The van der Waals surface area contributed by atoms with E-state index in [1.165, 1.54) is 0 Å². The Labute approximate surface area is 107 Å². The molecule has 0 aromatic carbocycles. The first-order valence-electron chi connectivity index (χ1n) is 5.46. The minimum Gasteiger partial charge on any atom is -0.481 e. The Morgan fingerprint density at radius 1 is 1.17 bits per heavy atom. The predicted octanol–water partition coefficient (Wildman–Crippen LogP) is 2.30. The van der Waals surface area contributed by atoms with Crippen molar-refractivity contribution in [3.05, 3.63) is 0 Å². The zero-order valence-corrected chi connectivity index (χ0v) is 11.4. The van der Waals surface area contributed by atoms with Crippen molar-refractivity contribution in [3.8, 4) is 0 Å². The molecule has 2 N–H and O–H groups in total. The molecule has 0 atom stereocenters. The first-order chi connectivity index (χ1) is 8.04. The van der Waals surface area contributed by atoms with Gasteiger partial charge in [0.25, 0.3) is 0 Å². The molecule has 0 saturated carbocycles. The van der Waals surface area contributed by atoms with E-state index in [2.05, 4.69) is 9.62 Å². The summed E-state index contributed by atoms with van der Waals surface area (Å²) in [6, 6.07) is 0. The number of hydrogen-bond donors (Lipinski definition) is 2. The van der Waals surface area contributed by atoms with Crippen molar-refractivity contribution in [2.75, 3.05) is 6.61 Å². The highest BCUT2D eigenvalue weighted by atomic mass is 17.2. The molecule has 0 aromatic heterocycles. The molecule has 0 aliphatic carbocycles. The van der Waals surface area contributed by atoms with Crippen molar-refractivity contribution in [2.45, 2.75) is 52.7 Å². The Kier molecular flexibility index (Phi) is 10.2. The van der Waals surface area contributed by atoms with E-state index in [0.717, 1.165) is 0 Å². The summed E-state index contributed by atoms with van der Waals surface area (Å²) < 4.78 is 4.17. The molecule has 0 unspecified atom stereocenters. The van der Waals surface area contributed by atoms with Gasteiger partial charge in [-0.15, -0.1) is 0 Å². The van der Waals surface area contributed by atoms with Gasteiger partial charge in [-0.25, -0.2) is 14.6 Å². The van der Waals surface area contributed by atoms with Gasteiger partial charge < -0.3 is 14.9 Å². The molecule has 0 bridgehead atoms. The molecule has 7 nitrogen and oxygen atoms in total. The third-order valence-corrected chi connectivity index (χ3v) is 1.04. The molecule has 0 fully saturated rings. The van der Waals surface area contributed by atoms with Crippen LogP contribution in [0.25, 0.3) is 0 Å². The third-order valence-electron chi connectivity index (χ3n) is 1.04. The summed E-state index contributed by atoms with van der Waals surface area (Å²) in [4.78, 5) is 29.0. The second kappa shape index (κ2) is 9.67. The standard InChI is InChI=1S/C7H14O4.C4H8O3/c1-7(2,3)11-10-5-4-6(8)9;1-3(2)7-4(5)6/h4-5H2,1-3H3,(H,8,9);3H,1-2H3,(H,5,6). The van der Waals surface area contributed by atoms with Gasteiger partial charge in [0.15, 0.2) is 0 Å². The molecular weight excluding hydrogens is 244 g/mol. The molecule has 0 aliphatic rings. The van der Waals surface area contributed by atoms with Gasteiger partial charge in [0.1, 0.15) is 0 Å². The Bertz CT molecular complexity index is 242. The molecule has 0 heterocycles. The van der Waals surface area contributed by atoms with Crippen LogP contribution < -0.4 is 0 Å². The highest BCUT2D eigenvalue weighted by Gasteiger charge is 2.11. The van der Waals surface area contributed by atoms with Crippen molar-refractivity contribution < 1.29 is 34.3 Å². The number of carboxylic acids is 1. The van der Waals surface area contributed by atoms with E-state index in [0.29, 0.717) is 0 Å². The van der Waals surface area contributed by atoms with Gasteiger partial charge in [0.05, 0.1) is 24.7 Å². The molecule has 7 heteroatoms. The van der Waals surface area contributed by atoms with E-state index >= 15 is 0 Å². The lowest BCUT2D eigenvalue weighted by Crippen LogP contribution is -2.20. The summed E-state index contributed by atoms with van der Waals surface area (Å²) in [6.07, 6.45) is -1.47.